The first-order valence-electron chi connectivity index (χ1n) is 14.3. The molecule has 0 fully saturated rings. The van der Waals surface area contributed by atoms with Crippen LogP contribution in [0.25, 0.3) is 5.57 Å². The standard InChI is InChI=1S/C30H43N7O7/c1-30(2,3)44-29(41)37(5)13-9-11-31-26-24-21(28(40)35-27(24)34-18-33-26)16-32-20-14-19(25(43-7)22(15-20)42-6)17-36(4)12-8-10-23(38)39/h14-16,18,32H,8-13,17H2,1-7H3,(H,38,39)(H2,31,33,34,35,40)/b21-16-. The summed E-state index contributed by atoms with van der Waals surface area (Å²) in [5.74, 6) is 0.781. The number of nitrogens with one attached hydrogen (secondary N) is 3. The van der Waals surface area contributed by atoms with Gasteiger partial charge < -0.3 is 45.1 Å². The normalized spacial score (nSPS) is 13.4. The number of hydrogen-bond acceptors (Lipinski definition) is 11. The molecule has 14 heteroatoms. The summed E-state index contributed by atoms with van der Waals surface area (Å²) in [4.78, 5) is 48.1. The Hall–Kier alpha value is -4.59. The lowest BCUT2D eigenvalue weighted by Crippen LogP contribution is -2.35. The molecule has 0 atom stereocenters. The first kappa shape index (κ1) is 33.9. The number of rotatable bonds is 15. The minimum atomic E-state index is -0.830. The van der Waals surface area contributed by atoms with Crippen LogP contribution >= 0.6 is 0 Å². The Morgan fingerprint density at radius 3 is 2.50 bits per heavy atom. The predicted molar refractivity (Wildman–Crippen MR) is 167 cm³/mol. The van der Waals surface area contributed by atoms with Gasteiger partial charge in [-0.2, -0.15) is 0 Å². The van der Waals surface area contributed by atoms with Crippen molar-refractivity contribution >= 4 is 40.9 Å². The molecule has 1 aromatic heterocycles. The minimum absolute atomic E-state index is 0.0905. The number of methoxy groups -OCH3 is 2. The van der Waals surface area contributed by atoms with E-state index in [0.29, 0.717) is 79.0 Å². The molecule has 1 aliphatic rings. The first-order chi connectivity index (χ1) is 20.8. The highest BCUT2D eigenvalue weighted by Gasteiger charge is 2.29. The van der Waals surface area contributed by atoms with Gasteiger partial charge in [0.25, 0.3) is 5.91 Å². The quantitative estimate of drug-likeness (QED) is 0.169. The molecular formula is C30H43N7O7. The highest BCUT2D eigenvalue weighted by Crippen LogP contribution is 2.37. The Labute approximate surface area is 257 Å². The average molecular weight is 614 g/mol. The molecule has 14 nitrogen and oxygen atoms in total. The molecule has 3 rings (SSSR count). The van der Waals surface area contributed by atoms with Crippen molar-refractivity contribution in [3.05, 3.63) is 35.8 Å². The van der Waals surface area contributed by atoms with Gasteiger partial charge in [-0.3, -0.25) is 9.59 Å². The van der Waals surface area contributed by atoms with E-state index in [-0.39, 0.29) is 12.3 Å². The third kappa shape index (κ3) is 9.46. The van der Waals surface area contributed by atoms with Crippen molar-refractivity contribution in [2.75, 3.05) is 63.9 Å². The second kappa shape index (κ2) is 15.2. The maximum atomic E-state index is 12.9. The van der Waals surface area contributed by atoms with Crippen molar-refractivity contribution in [1.82, 2.24) is 19.8 Å². The Morgan fingerprint density at radius 1 is 1.09 bits per heavy atom. The topological polar surface area (TPSA) is 167 Å². The van der Waals surface area contributed by atoms with E-state index in [1.807, 2.05) is 38.8 Å². The van der Waals surface area contributed by atoms with Crippen LogP contribution < -0.4 is 25.4 Å². The van der Waals surface area contributed by atoms with E-state index in [0.717, 1.165) is 5.56 Å². The number of aliphatic carboxylic acids is 1. The van der Waals surface area contributed by atoms with E-state index in [9.17, 15) is 14.4 Å². The molecule has 0 spiro atoms. The number of carbonyl (C=O) groups excluding carboxylic acids is 2. The number of carbonyl (C=O) groups is 3. The number of aromatic nitrogens is 2. The minimum Gasteiger partial charge on any atom is -0.493 e. The van der Waals surface area contributed by atoms with Crippen LogP contribution in [-0.4, -0.2) is 96.4 Å². The Morgan fingerprint density at radius 2 is 1.84 bits per heavy atom. The summed E-state index contributed by atoms with van der Waals surface area (Å²) < 4.78 is 16.6. The SMILES string of the molecule is COc1cc(N/C=C2\C(=O)Nc3ncnc(NCCCN(C)C(=O)OC(C)(C)C)c32)cc(CN(C)CCCC(=O)O)c1OC. The molecule has 0 saturated carbocycles. The molecule has 0 unspecified atom stereocenters. The highest BCUT2D eigenvalue weighted by molar-refractivity contribution is 6.32. The summed E-state index contributed by atoms with van der Waals surface area (Å²) in [6, 6.07) is 3.65. The first-order valence-corrected chi connectivity index (χ1v) is 14.3. The van der Waals surface area contributed by atoms with Crippen molar-refractivity contribution in [1.29, 1.82) is 0 Å². The van der Waals surface area contributed by atoms with Gasteiger partial charge in [-0.25, -0.2) is 14.8 Å². The molecule has 0 radical (unpaired) electrons. The zero-order valence-corrected chi connectivity index (χ0v) is 26.4. The lowest BCUT2D eigenvalue weighted by atomic mass is 10.1. The number of nitrogens with zero attached hydrogens (tertiary/aromatic N) is 4. The van der Waals surface area contributed by atoms with Crippen LogP contribution in [0.2, 0.25) is 0 Å². The Kier molecular flexibility index (Phi) is 11.7. The smallest absolute Gasteiger partial charge is 0.410 e. The monoisotopic (exact) mass is 613 g/mol. The van der Waals surface area contributed by atoms with Crippen LogP contribution in [0.1, 0.15) is 51.2 Å². The summed E-state index contributed by atoms with van der Waals surface area (Å²) in [6.45, 7) is 7.49. The number of carboxylic acids is 1. The van der Waals surface area contributed by atoms with Crippen LogP contribution in [-0.2, 0) is 20.9 Å². The predicted octanol–water partition coefficient (Wildman–Crippen LogP) is 3.86. The van der Waals surface area contributed by atoms with Crippen LogP contribution in [0.5, 0.6) is 11.5 Å². The van der Waals surface area contributed by atoms with E-state index >= 15 is 0 Å². The van der Waals surface area contributed by atoms with Gasteiger partial charge in [-0.05, 0) is 53.3 Å². The molecule has 2 amide bonds. The molecule has 0 bridgehead atoms. The molecule has 1 aromatic carbocycles. The maximum Gasteiger partial charge on any atom is 0.410 e. The molecule has 240 valence electrons. The lowest BCUT2D eigenvalue weighted by molar-refractivity contribution is -0.137. The molecule has 0 saturated heterocycles. The van der Waals surface area contributed by atoms with E-state index in [1.165, 1.54) is 11.2 Å². The van der Waals surface area contributed by atoms with Gasteiger partial charge in [0.05, 0.1) is 25.4 Å². The van der Waals surface area contributed by atoms with Crippen molar-refractivity contribution in [2.45, 2.75) is 52.2 Å². The van der Waals surface area contributed by atoms with Gasteiger partial charge in [0.15, 0.2) is 11.5 Å². The zero-order chi connectivity index (χ0) is 32.4. The van der Waals surface area contributed by atoms with E-state index in [4.69, 9.17) is 19.3 Å². The van der Waals surface area contributed by atoms with Crippen LogP contribution in [0.3, 0.4) is 0 Å². The van der Waals surface area contributed by atoms with Crippen molar-refractivity contribution in [3.8, 4) is 11.5 Å². The molecule has 0 aliphatic carbocycles. The van der Waals surface area contributed by atoms with Crippen LogP contribution in [0.4, 0.5) is 22.1 Å². The second-order valence-corrected chi connectivity index (χ2v) is 11.4. The summed E-state index contributed by atoms with van der Waals surface area (Å²) >= 11 is 0. The van der Waals surface area contributed by atoms with Gasteiger partial charge >= 0.3 is 12.1 Å². The van der Waals surface area contributed by atoms with E-state index < -0.39 is 17.7 Å². The highest BCUT2D eigenvalue weighted by atomic mass is 16.6. The molecule has 44 heavy (non-hydrogen) atoms. The van der Waals surface area contributed by atoms with Gasteiger partial charge in [0, 0.05) is 56.6 Å². The summed E-state index contributed by atoms with van der Waals surface area (Å²) in [6.07, 6.45) is 3.79. The van der Waals surface area contributed by atoms with E-state index in [1.54, 1.807) is 33.5 Å². The Balaban J connectivity index is 1.74. The Bertz CT molecular complexity index is 1370. The van der Waals surface area contributed by atoms with Gasteiger partial charge in [-0.15, -0.1) is 0 Å². The molecular weight excluding hydrogens is 570 g/mol. The largest absolute Gasteiger partial charge is 0.493 e. The molecule has 1 aliphatic heterocycles. The summed E-state index contributed by atoms with van der Waals surface area (Å²) in [5, 5.41) is 18.2. The number of benzene rings is 1. The van der Waals surface area contributed by atoms with Gasteiger partial charge in [0.2, 0.25) is 0 Å². The molecule has 2 aromatic rings. The number of ether oxygens (including phenoxy) is 3. The fourth-order valence-electron chi connectivity index (χ4n) is 4.52. The van der Waals surface area contributed by atoms with E-state index in [2.05, 4.69) is 25.9 Å². The number of carboxylic acid groups (broad SMARTS) is 1. The maximum absolute atomic E-state index is 12.9. The van der Waals surface area contributed by atoms with Gasteiger partial charge in [0.1, 0.15) is 23.6 Å². The fourth-order valence-corrected chi connectivity index (χ4v) is 4.52. The molecule has 2 heterocycles. The van der Waals surface area contributed by atoms with Gasteiger partial charge in [-0.1, -0.05) is 0 Å². The molecule has 4 N–H and O–H groups in total. The summed E-state index contributed by atoms with van der Waals surface area (Å²) in [5.41, 5.74) is 1.78. The number of anilines is 3. The number of hydrogen-bond donors (Lipinski definition) is 4. The second-order valence-electron chi connectivity index (χ2n) is 11.4. The fraction of sp³-hybridized carbons (Fsp3) is 0.500. The zero-order valence-electron chi connectivity index (χ0n) is 26.4. The summed E-state index contributed by atoms with van der Waals surface area (Å²) in [7, 11) is 6.69. The number of amides is 2. The van der Waals surface area contributed by atoms with Crippen LogP contribution in [0, 0.1) is 0 Å². The third-order valence-corrected chi connectivity index (χ3v) is 6.57. The van der Waals surface area contributed by atoms with Crippen molar-refractivity contribution < 1.29 is 33.7 Å². The lowest BCUT2D eigenvalue weighted by Gasteiger charge is -2.24. The average Bonchev–Trinajstić information content (AvgIpc) is 3.27. The van der Waals surface area contributed by atoms with Crippen LogP contribution in [0.15, 0.2) is 24.7 Å². The number of fused-ring (bicyclic) bond motifs is 1. The van der Waals surface area contributed by atoms with Crippen molar-refractivity contribution in [2.24, 2.45) is 0 Å². The third-order valence-electron chi connectivity index (χ3n) is 6.57. The van der Waals surface area contributed by atoms with Crippen molar-refractivity contribution in [3.63, 3.8) is 0 Å².